The van der Waals surface area contributed by atoms with Crippen LogP contribution in [-0.4, -0.2) is 12.9 Å². The van der Waals surface area contributed by atoms with Gasteiger partial charge in [-0.25, -0.2) is 0 Å². The van der Waals surface area contributed by atoms with Gasteiger partial charge in [-0.3, -0.25) is 4.79 Å². The lowest BCUT2D eigenvalue weighted by Gasteiger charge is -2.10. The highest BCUT2D eigenvalue weighted by Gasteiger charge is 2.17. The number of methoxy groups -OCH3 is 1. The molecule has 0 unspecified atom stereocenters. The molecular weight excluding hydrogens is 226 g/mol. The molecule has 1 aliphatic rings. The molecule has 3 heteroatoms. The third kappa shape index (κ3) is 2.55. The van der Waals surface area contributed by atoms with E-state index in [9.17, 15) is 4.79 Å². The summed E-state index contributed by atoms with van der Waals surface area (Å²) < 4.78 is 5.15. The van der Waals surface area contributed by atoms with Gasteiger partial charge in [0.05, 0.1) is 12.8 Å². The van der Waals surface area contributed by atoms with Gasteiger partial charge in [0, 0.05) is 5.56 Å². The Bertz CT molecular complexity index is 477. The molecule has 0 aromatic heterocycles. The summed E-state index contributed by atoms with van der Waals surface area (Å²) in [5.41, 5.74) is 7.86. The van der Waals surface area contributed by atoms with E-state index in [2.05, 4.69) is 6.08 Å². The zero-order valence-corrected chi connectivity index (χ0v) is 10.7. The average molecular weight is 245 g/mol. The van der Waals surface area contributed by atoms with Crippen molar-refractivity contribution in [3.63, 3.8) is 0 Å². The number of ether oxygens (including phenoxy) is 1. The molecule has 0 atom stereocenters. The van der Waals surface area contributed by atoms with E-state index in [1.54, 1.807) is 25.3 Å². The van der Waals surface area contributed by atoms with Gasteiger partial charge in [-0.1, -0.05) is 18.6 Å². The molecule has 2 N–H and O–H groups in total. The largest absolute Gasteiger partial charge is 0.495 e. The summed E-state index contributed by atoms with van der Waals surface area (Å²) >= 11 is 0. The summed E-state index contributed by atoms with van der Waals surface area (Å²) in [6.07, 6.45) is 7.36. The second-order valence-electron chi connectivity index (χ2n) is 4.58. The molecule has 2 rings (SSSR count). The molecule has 0 amide bonds. The quantitative estimate of drug-likeness (QED) is 0.656. The highest BCUT2D eigenvalue weighted by atomic mass is 16.5. The number of carbonyl (C=O) groups is 1. The van der Waals surface area contributed by atoms with Gasteiger partial charge in [-0.2, -0.15) is 0 Å². The molecule has 0 radical (unpaired) electrons. The lowest BCUT2D eigenvalue weighted by molar-refractivity contribution is 0.103. The van der Waals surface area contributed by atoms with E-state index >= 15 is 0 Å². The van der Waals surface area contributed by atoms with Gasteiger partial charge < -0.3 is 10.5 Å². The lowest BCUT2D eigenvalue weighted by atomic mass is 9.98. The topological polar surface area (TPSA) is 52.3 Å². The summed E-state index contributed by atoms with van der Waals surface area (Å²) in [6, 6.07) is 5.35. The van der Waals surface area contributed by atoms with Gasteiger partial charge in [0.1, 0.15) is 5.75 Å². The van der Waals surface area contributed by atoms with E-state index in [1.165, 1.54) is 12.8 Å². The molecular formula is C15H19NO2. The lowest BCUT2D eigenvalue weighted by Crippen LogP contribution is -2.08. The van der Waals surface area contributed by atoms with Crippen molar-refractivity contribution in [1.82, 2.24) is 0 Å². The van der Waals surface area contributed by atoms with Crippen LogP contribution in [0.25, 0.3) is 0 Å². The van der Waals surface area contributed by atoms with Crippen molar-refractivity contribution in [3.8, 4) is 5.75 Å². The van der Waals surface area contributed by atoms with E-state index in [1.807, 2.05) is 0 Å². The minimum atomic E-state index is 0.0494. The van der Waals surface area contributed by atoms with Crippen LogP contribution in [0, 0.1) is 0 Å². The Morgan fingerprint density at radius 1 is 1.28 bits per heavy atom. The maximum Gasteiger partial charge on any atom is 0.190 e. The minimum absolute atomic E-state index is 0.0494. The monoisotopic (exact) mass is 245 g/mol. The third-order valence-electron chi connectivity index (χ3n) is 3.36. The number of allylic oxidation sites excluding steroid dienone is 2. The Morgan fingerprint density at radius 2 is 2.11 bits per heavy atom. The Hall–Kier alpha value is -1.77. The molecule has 0 fully saturated rings. The first kappa shape index (κ1) is 12.7. The van der Waals surface area contributed by atoms with Gasteiger partial charge in [0.25, 0.3) is 0 Å². The number of rotatable bonds is 3. The van der Waals surface area contributed by atoms with Crippen LogP contribution in [0.3, 0.4) is 0 Å². The Labute approximate surface area is 108 Å². The number of Topliss-reactive ketones (excluding diaryl/α,β-unsaturated/α-hetero) is 1. The molecule has 0 saturated heterocycles. The zero-order chi connectivity index (χ0) is 13.0. The van der Waals surface area contributed by atoms with Crippen molar-refractivity contribution >= 4 is 11.5 Å². The van der Waals surface area contributed by atoms with E-state index in [4.69, 9.17) is 10.5 Å². The van der Waals surface area contributed by atoms with Crippen LogP contribution in [0.2, 0.25) is 0 Å². The number of nitrogens with two attached hydrogens (primary N) is 1. The number of carbonyl (C=O) groups excluding carboxylic acids is 1. The van der Waals surface area contributed by atoms with Crippen molar-refractivity contribution in [2.45, 2.75) is 32.1 Å². The van der Waals surface area contributed by atoms with Gasteiger partial charge in [-0.05, 0) is 43.4 Å². The molecule has 0 heterocycles. The maximum atomic E-state index is 12.4. The van der Waals surface area contributed by atoms with E-state index in [0.29, 0.717) is 17.0 Å². The fourth-order valence-electron chi connectivity index (χ4n) is 2.31. The molecule has 0 bridgehead atoms. The fourth-order valence-corrected chi connectivity index (χ4v) is 2.31. The van der Waals surface area contributed by atoms with Crippen molar-refractivity contribution < 1.29 is 9.53 Å². The molecule has 1 aliphatic carbocycles. The summed E-state index contributed by atoms with van der Waals surface area (Å²) in [6.45, 7) is 0. The van der Waals surface area contributed by atoms with Crippen LogP contribution < -0.4 is 10.5 Å². The number of anilines is 1. The number of ketones is 1. The molecule has 1 aromatic rings. The first-order valence-electron chi connectivity index (χ1n) is 6.40. The molecule has 96 valence electrons. The molecule has 0 saturated carbocycles. The average Bonchev–Trinajstić information content (AvgIpc) is 2.67. The van der Waals surface area contributed by atoms with Crippen LogP contribution in [0.1, 0.15) is 42.5 Å². The first-order valence-corrected chi connectivity index (χ1v) is 6.40. The smallest absolute Gasteiger partial charge is 0.190 e. The van der Waals surface area contributed by atoms with E-state index in [0.717, 1.165) is 24.8 Å². The van der Waals surface area contributed by atoms with Crippen molar-refractivity contribution in [2.24, 2.45) is 0 Å². The summed E-state index contributed by atoms with van der Waals surface area (Å²) in [4.78, 5) is 12.4. The predicted molar refractivity (Wildman–Crippen MR) is 72.9 cm³/mol. The molecule has 0 spiro atoms. The van der Waals surface area contributed by atoms with Crippen LogP contribution in [0.4, 0.5) is 5.69 Å². The minimum Gasteiger partial charge on any atom is -0.495 e. The van der Waals surface area contributed by atoms with E-state index < -0.39 is 0 Å². The van der Waals surface area contributed by atoms with Crippen LogP contribution in [0.15, 0.2) is 29.8 Å². The number of nitrogen functional groups attached to an aromatic ring is 1. The highest BCUT2D eigenvalue weighted by molar-refractivity contribution is 6.12. The molecule has 3 nitrogen and oxygen atoms in total. The standard InChI is InChI=1S/C15H19NO2/c1-18-13-10-6-9-12(14(13)16)15(17)11-7-4-2-3-5-8-11/h6-7,9-10H,2-5,8,16H2,1H3. The second kappa shape index (κ2) is 5.71. The Kier molecular flexibility index (Phi) is 4.03. The number of para-hydroxylation sites is 1. The first-order chi connectivity index (χ1) is 8.74. The maximum absolute atomic E-state index is 12.4. The van der Waals surface area contributed by atoms with Crippen LogP contribution in [0.5, 0.6) is 5.75 Å². The zero-order valence-electron chi connectivity index (χ0n) is 10.7. The van der Waals surface area contributed by atoms with Crippen molar-refractivity contribution in [2.75, 3.05) is 12.8 Å². The highest BCUT2D eigenvalue weighted by Crippen LogP contribution is 2.29. The predicted octanol–water partition coefficient (Wildman–Crippen LogP) is 3.35. The van der Waals surface area contributed by atoms with Crippen molar-refractivity contribution in [3.05, 3.63) is 35.4 Å². The molecule has 0 aliphatic heterocycles. The Morgan fingerprint density at radius 3 is 2.89 bits per heavy atom. The van der Waals surface area contributed by atoms with Crippen LogP contribution >= 0.6 is 0 Å². The van der Waals surface area contributed by atoms with E-state index in [-0.39, 0.29) is 5.78 Å². The number of benzene rings is 1. The number of hydrogen-bond donors (Lipinski definition) is 1. The SMILES string of the molecule is COc1cccc(C(=O)C2=CCCCCC2)c1N. The summed E-state index contributed by atoms with van der Waals surface area (Å²) in [7, 11) is 1.56. The van der Waals surface area contributed by atoms with Crippen LogP contribution in [-0.2, 0) is 0 Å². The van der Waals surface area contributed by atoms with Gasteiger partial charge in [0.15, 0.2) is 5.78 Å². The molecule has 1 aromatic carbocycles. The van der Waals surface area contributed by atoms with Gasteiger partial charge in [-0.15, -0.1) is 0 Å². The Balaban J connectivity index is 2.30. The van der Waals surface area contributed by atoms with Gasteiger partial charge in [0.2, 0.25) is 0 Å². The third-order valence-corrected chi connectivity index (χ3v) is 3.36. The second-order valence-corrected chi connectivity index (χ2v) is 4.58. The van der Waals surface area contributed by atoms with Gasteiger partial charge >= 0.3 is 0 Å². The molecule has 18 heavy (non-hydrogen) atoms. The summed E-state index contributed by atoms with van der Waals surface area (Å²) in [5.74, 6) is 0.614. The van der Waals surface area contributed by atoms with Crippen molar-refractivity contribution in [1.29, 1.82) is 0 Å². The normalized spacial score (nSPS) is 15.7. The number of hydrogen-bond acceptors (Lipinski definition) is 3. The summed E-state index contributed by atoms with van der Waals surface area (Å²) in [5, 5.41) is 0. The fraction of sp³-hybridized carbons (Fsp3) is 0.400.